The first-order chi connectivity index (χ1) is 8.20. The van der Waals surface area contributed by atoms with Gasteiger partial charge in [-0.05, 0) is 26.2 Å². The molecule has 1 amide bonds. The van der Waals surface area contributed by atoms with Gasteiger partial charge in [0, 0.05) is 19.1 Å². The standard InChI is InChI=1S/C14H29NO2/c1-3-4-5-6-7-8-11-14(17)15-13(2)10-9-12-16/h13,16H,3-12H2,1-2H3,(H,15,17). The summed E-state index contributed by atoms with van der Waals surface area (Å²) in [5.41, 5.74) is 0. The van der Waals surface area contributed by atoms with E-state index in [2.05, 4.69) is 12.2 Å². The van der Waals surface area contributed by atoms with Crippen LogP contribution in [0.1, 0.15) is 71.6 Å². The van der Waals surface area contributed by atoms with E-state index in [1.807, 2.05) is 6.92 Å². The van der Waals surface area contributed by atoms with Crippen molar-refractivity contribution >= 4 is 5.91 Å². The average Bonchev–Trinajstić information content (AvgIpc) is 2.31. The number of aliphatic hydroxyl groups excluding tert-OH is 1. The summed E-state index contributed by atoms with van der Waals surface area (Å²) in [5, 5.41) is 11.6. The molecular weight excluding hydrogens is 214 g/mol. The van der Waals surface area contributed by atoms with Gasteiger partial charge in [0.25, 0.3) is 0 Å². The third-order valence-electron chi connectivity index (χ3n) is 2.96. The number of unbranched alkanes of at least 4 members (excludes halogenated alkanes) is 5. The third-order valence-corrected chi connectivity index (χ3v) is 2.96. The van der Waals surface area contributed by atoms with Gasteiger partial charge >= 0.3 is 0 Å². The molecule has 0 saturated carbocycles. The van der Waals surface area contributed by atoms with E-state index in [0.717, 1.165) is 19.3 Å². The molecule has 0 aromatic heterocycles. The van der Waals surface area contributed by atoms with Gasteiger partial charge in [0.1, 0.15) is 0 Å². The molecule has 1 unspecified atom stereocenters. The SMILES string of the molecule is CCCCCCCCC(=O)NC(C)CCCO. The summed E-state index contributed by atoms with van der Waals surface area (Å²) < 4.78 is 0. The summed E-state index contributed by atoms with van der Waals surface area (Å²) in [6.45, 7) is 4.41. The lowest BCUT2D eigenvalue weighted by molar-refractivity contribution is -0.121. The first-order valence-electron chi connectivity index (χ1n) is 7.11. The Morgan fingerprint density at radius 2 is 1.76 bits per heavy atom. The fourth-order valence-corrected chi connectivity index (χ4v) is 1.88. The van der Waals surface area contributed by atoms with Gasteiger partial charge in [-0.2, -0.15) is 0 Å². The molecule has 17 heavy (non-hydrogen) atoms. The highest BCUT2D eigenvalue weighted by Gasteiger charge is 2.06. The van der Waals surface area contributed by atoms with Crippen molar-refractivity contribution in [1.29, 1.82) is 0 Å². The minimum absolute atomic E-state index is 0.158. The number of carbonyl (C=O) groups is 1. The van der Waals surface area contributed by atoms with Crippen LogP contribution >= 0.6 is 0 Å². The van der Waals surface area contributed by atoms with Gasteiger partial charge in [-0.1, -0.05) is 39.0 Å². The van der Waals surface area contributed by atoms with Crippen molar-refractivity contribution in [2.24, 2.45) is 0 Å². The van der Waals surface area contributed by atoms with Crippen molar-refractivity contribution in [1.82, 2.24) is 5.32 Å². The maximum Gasteiger partial charge on any atom is 0.220 e. The van der Waals surface area contributed by atoms with Gasteiger partial charge in [-0.15, -0.1) is 0 Å². The quantitative estimate of drug-likeness (QED) is 0.548. The second-order valence-electron chi connectivity index (χ2n) is 4.85. The monoisotopic (exact) mass is 243 g/mol. The van der Waals surface area contributed by atoms with E-state index < -0.39 is 0 Å². The Morgan fingerprint density at radius 1 is 1.12 bits per heavy atom. The highest BCUT2D eigenvalue weighted by atomic mass is 16.2. The van der Waals surface area contributed by atoms with Gasteiger partial charge in [-0.3, -0.25) is 4.79 Å². The zero-order valence-corrected chi connectivity index (χ0v) is 11.5. The molecule has 0 aliphatic heterocycles. The molecule has 0 heterocycles. The molecule has 0 aliphatic carbocycles. The van der Waals surface area contributed by atoms with E-state index in [0.29, 0.717) is 6.42 Å². The molecule has 0 aromatic carbocycles. The molecule has 0 spiro atoms. The van der Waals surface area contributed by atoms with Crippen LogP contribution in [0.2, 0.25) is 0 Å². The molecule has 0 bridgehead atoms. The molecule has 102 valence electrons. The molecular formula is C14H29NO2. The van der Waals surface area contributed by atoms with E-state index in [9.17, 15) is 4.79 Å². The van der Waals surface area contributed by atoms with Gasteiger partial charge in [0.05, 0.1) is 0 Å². The topological polar surface area (TPSA) is 49.3 Å². The molecule has 0 aliphatic rings. The molecule has 3 heteroatoms. The van der Waals surface area contributed by atoms with E-state index in [1.165, 1.54) is 32.1 Å². The zero-order chi connectivity index (χ0) is 12.9. The number of rotatable bonds is 11. The summed E-state index contributed by atoms with van der Waals surface area (Å²) in [5.74, 6) is 0.158. The minimum Gasteiger partial charge on any atom is -0.396 e. The Bertz CT molecular complexity index is 183. The Balaban J connectivity index is 3.33. The van der Waals surface area contributed by atoms with Gasteiger partial charge in [0.2, 0.25) is 5.91 Å². The average molecular weight is 243 g/mol. The van der Waals surface area contributed by atoms with E-state index >= 15 is 0 Å². The molecule has 1 atom stereocenters. The van der Waals surface area contributed by atoms with Gasteiger partial charge < -0.3 is 10.4 Å². The molecule has 0 rings (SSSR count). The predicted molar refractivity (Wildman–Crippen MR) is 71.9 cm³/mol. The van der Waals surface area contributed by atoms with Crippen LogP contribution in [0.3, 0.4) is 0 Å². The number of amides is 1. The van der Waals surface area contributed by atoms with Crippen molar-refractivity contribution < 1.29 is 9.90 Å². The van der Waals surface area contributed by atoms with Gasteiger partial charge in [0.15, 0.2) is 0 Å². The Labute approximate surface area is 106 Å². The van der Waals surface area contributed by atoms with Crippen LogP contribution in [-0.2, 0) is 4.79 Å². The summed E-state index contributed by atoms with van der Waals surface area (Å²) in [6, 6.07) is 0.190. The summed E-state index contributed by atoms with van der Waals surface area (Å²) in [4.78, 5) is 11.5. The Kier molecular flexibility index (Phi) is 11.5. The second-order valence-corrected chi connectivity index (χ2v) is 4.85. The fourth-order valence-electron chi connectivity index (χ4n) is 1.88. The van der Waals surface area contributed by atoms with E-state index in [1.54, 1.807) is 0 Å². The number of carbonyl (C=O) groups excluding carboxylic acids is 1. The largest absolute Gasteiger partial charge is 0.396 e. The third kappa shape index (κ3) is 11.7. The van der Waals surface area contributed by atoms with Crippen molar-refractivity contribution in [2.45, 2.75) is 77.7 Å². The highest BCUT2D eigenvalue weighted by Crippen LogP contribution is 2.07. The maximum atomic E-state index is 11.5. The van der Waals surface area contributed by atoms with Crippen LogP contribution in [0, 0.1) is 0 Å². The second kappa shape index (κ2) is 11.9. The normalized spacial score (nSPS) is 12.4. The molecule has 2 N–H and O–H groups in total. The lowest BCUT2D eigenvalue weighted by Gasteiger charge is -2.12. The van der Waals surface area contributed by atoms with E-state index in [4.69, 9.17) is 5.11 Å². The van der Waals surface area contributed by atoms with Crippen molar-refractivity contribution in [2.75, 3.05) is 6.61 Å². The number of hydrogen-bond acceptors (Lipinski definition) is 2. The van der Waals surface area contributed by atoms with Crippen LogP contribution in [0.4, 0.5) is 0 Å². The Hall–Kier alpha value is -0.570. The molecule has 0 fully saturated rings. The minimum atomic E-state index is 0.158. The molecule has 3 nitrogen and oxygen atoms in total. The van der Waals surface area contributed by atoms with Crippen LogP contribution in [-0.4, -0.2) is 23.7 Å². The number of aliphatic hydroxyl groups is 1. The fraction of sp³-hybridized carbons (Fsp3) is 0.929. The molecule has 0 saturated heterocycles. The van der Waals surface area contributed by atoms with Crippen molar-refractivity contribution in [3.63, 3.8) is 0 Å². The Morgan fingerprint density at radius 3 is 2.41 bits per heavy atom. The van der Waals surface area contributed by atoms with Crippen molar-refractivity contribution in [3.05, 3.63) is 0 Å². The summed E-state index contributed by atoms with van der Waals surface area (Å²) in [6.07, 6.45) is 9.56. The van der Waals surface area contributed by atoms with Crippen LogP contribution in [0.15, 0.2) is 0 Å². The first kappa shape index (κ1) is 16.4. The van der Waals surface area contributed by atoms with Gasteiger partial charge in [-0.25, -0.2) is 0 Å². The first-order valence-corrected chi connectivity index (χ1v) is 7.11. The predicted octanol–water partition coefficient (Wildman–Crippen LogP) is 3.01. The maximum absolute atomic E-state index is 11.5. The lowest BCUT2D eigenvalue weighted by Crippen LogP contribution is -2.32. The summed E-state index contributed by atoms with van der Waals surface area (Å²) in [7, 11) is 0. The van der Waals surface area contributed by atoms with Crippen molar-refractivity contribution in [3.8, 4) is 0 Å². The van der Waals surface area contributed by atoms with Crippen LogP contribution in [0.25, 0.3) is 0 Å². The van der Waals surface area contributed by atoms with Crippen LogP contribution in [0.5, 0.6) is 0 Å². The van der Waals surface area contributed by atoms with Crippen LogP contribution < -0.4 is 5.32 Å². The molecule has 0 aromatic rings. The summed E-state index contributed by atoms with van der Waals surface area (Å²) >= 11 is 0. The zero-order valence-electron chi connectivity index (χ0n) is 11.5. The highest BCUT2D eigenvalue weighted by molar-refractivity contribution is 5.76. The van der Waals surface area contributed by atoms with E-state index in [-0.39, 0.29) is 18.6 Å². The number of hydrogen-bond donors (Lipinski definition) is 2. The lowest BCUT2D eigenvalue weighted by atomic mass is 10.1. The smallest absolute Gasteiger partial charge is 0.220 e. The number of nitrogens with one attached hydrogen (secondary N) is 1. The molecule has 0 radical (unpaired) electrons.